The molecule has 7 aromatic rings. The molecule has 5 aromatic carbocycles. The number of benzene rings is 5. The Morgan fingerprint density at radius 2 is 1.25 bits per heavy atom. The Bertz CT molecular complexity index is 2080. The summed E-state index contributed by atoms with van der Waals surface area (Å²) in [5, 5.41) is 11.3. The van der Waals surface area contributed by atoms with E-state index in [2.05, 4.69) is 40.3 Å². The van der Waals surface area contributed by atoms with Crippen molar-refractivity contribution in [1.29, 1.82) is 5.26 Å². The van der Waals surface area contributed by atoms with E-state index in [-0.39, 0.29) is 5.28 Å². The highest BCUT2D eigenvalue weighted by Gasteiger charge is 2.17. The van der Waals surface area contributed by atoms with E-state index >= 15 is 0 Å². The molecule has 0 saturated carbocycles. The van der Waals surface area contributed by atoms with Gasteiger partial charge in [-0.3, -0.25) is 0 Å². The van der Waals surface area contributed by atoms with Gasteiger partial charge in [0.05, 0.1) is 11.6 Å². The van der Waals surface area contributed by atoms with E-state index in [1.807, 2.05) is 91.0 Å². The highest BCUT2D eigenvalue weighted by atomic mass is 35.5. The van der Waals surface area contributed by atoms with Gasteiger partial charge in [-0.2, -0.15) is 15.2 Å². The Balaban J connectivity index is 1.38. The lowest BCUT2D eigenvalue weighted by atomic mass is 9.98. The lowest BCUT2D eigenvalue weighted by Gasteiger charge is -2.10. The second kappa shape index (κ2) is 9.77. The summed E-state index contributed by atoms with van der Waals surface area (Å²) in [7, 11) is 0. The predicted octanol–water partition coefficient (Wildman–Crippen LogP) is 8.96. The number of aromatic nitrogens is 3. The molecule has 0 radical (unpaired) electrons. The maximum Gasteiger partial charge on any atom is 0.226 e. The molecule has 0 unspecified atom stereocenters. The van der Waals surface area contributed by atoms with Gasteiger partial charge in [0, 0.05) is 21.9 Å². The van der Waals surface area contributed by atoms with Gasteiger partial charge in [-0.05, 0) is 70.3 Å². The summed E-state index contributed by atoms with van der Waals surface area (Å²) in [4.78, 5) is 13.8. The SMILES string of the molecule is N#Cc1ccc(-c2cccc3oc4ccc(-c5nc(Cl)nc(-c6ccccc6-c6ccccc6)n5)cc4c23)cc1. The zero-order chi connectivity index (χ0) is 27.1. The molecule has 0 fully saturated rings. The largest absolute Gasteiger partial charge is 0.456 e. The average Bonchev–Trinajstić information content (AvgIpc) is 3.39. The van der Waals surface area contributed by atoms with Gasteiger partial charge >= 0.3 is 0 Å². The molecule has 6 heteroatoms. The lowest BCUT2D eigenvalue weighted by molar-refractivity contribution is 0.669. The maximum absolute atomic E-state index is 9.21. The third kappa shape index (κ3) is 4.17. The lowest BCUT2D eigenvalue weighted by Crippen LogP contribution is -1.98. The minimum Gasteiger partial charge on any atom is -0.456 e. The van der Waals surface area contributed by atoms with E-state index in [4.69, 9.17) is 21.0 Å². The summed E-state index contributed by atoms with van der Waals surface area (Å²) in [5.74, 6) is 0.981. The van der Waals surface area contributed by atoms with Crippen LogP contribution in [0.15, 0.2) is 120 Å². The Kier molecular flexibility index (Phi) is 5.81. The Labute approximate surface area is 235 Å². The van der Waals surface area contributed by atoms with Crippen molar-refractivity contribution in [2.45, 2.75) is 0 Å². The topological polar surface area (TPSA) is 75.6 Å². The zero-order valence-electron chi connectivity index (χ0n) is 21.0. The Morgan fingerprint density at radius 1 is 0.575 bits per heavy atom. The van der Waals surface area contributed by atoms with Crippen molar-refractivity contribution in [3.63, 3.8) is 0 Å². The number of nitrogens with zero attached hydrogens (tertiary/aromatic N) is 4. The van der Waals surface area contributed by atoms with Crippen LogP contribution in [0.4, 0.5) is 0 Å². The van der Waals surface area contributed by atoms with Gasteiger partial charge in [-0.1, -0.05) is 78.9 Å². The van der Waals surface area contributed by atoms with Crippen LogP contribution in [0.25, 0.3) is 67.0 Å². The van der Waals surface area contributed by atoms with Crippen molar-refractivity contribution in [3.8, 4) is 51.1 Å². The summed E-state index contributed by atoms with van der Waals surface area (Å²) in [6.07, 6.45) is 0. The molecule has 2 aromatic heterocycles. The first-order chi connectivity index (χ1) is 19.7. The summed E-state index contributed by atoms with van der Waals surface area (Å²) >= 11 is 6.47. The van der Waals surface area contributed by atoms with Crippen LogP contribution < -0.4 is 0 Å². The Morgan fingerprint density at radius 3 is 2.05 bits per heavy atom. The minimum atomic E-state index is 0.123. The van der Waals surface area contributed by atoms with Crippen molar-refractivity contribution in [3.05, 3.63) is 126 Å². The third-order valence-electron chi connectivity index (χ3n) is 6.94. The molecular weight excluding hydrogens is 516 g/mol. The average molecular weight is 535 g/mol. The van der Waals surface area contributed by atoms with Crippen LogP contribution in [0.5, 0.6) is 0 Å². The first-order valence-corrected chi connectivity index (χ1v) is 13.1. The molecular formula is C34H19ClN4O. The van der Waals surface area contributed by atoms with Gasteiger partial charge in [0.2, 0.25) is 5.28 Å². The molecule has 7 rings (SSSR count). The fourth-order valence-electron chi connectivity index (χ4n) is 5.08. The fourth-order valence-corrected chi connectivity index (χ4v) is 5.24. The fraction of sp³-hybridized carbons (Fsp3) is 0. The quantitative estimate of drug-likeness (QED) is 0.225. The second-order valence-corrected chi connectivity index (χ2v) is 9.68. The maximum atomic E-state index is 9.21. The third-order valence-corrected chi connectivity index (χ3v) is 7.11. The number of nitriles is 1. The normalized spacial score (nSPS) is 11.1. The predicted molar refractivity (Wildman–Crippen MR) is 159 cm³/mol. The van der Waals surface area contributed by atoms with Crippen LogP contribution in [-0.2, 0) is 0 Å². The van der Waals surface area contributed by atoms with Crippen LogP contribution in [0.3, 0.4) is 0 Å². The van der Waals surface area contributed by atoms with Gasteiger partial charge in [-0.15, -0.1) is 0 Å². The molecule has 188 valence electrons. The van der Waals surface area contributed by atoms with Crippen molar-refractivity contribution in [1.82, 2.24) is 15.0 Å². The number of halogens is 1. The van der Waals surface area contributed by atoms with Gasteiger partial charge in [-0.25, -0.2) is 4.98 Å². The number of hydrogen-bond acceptors (Lipinski definition) is 5. The molecule has 0 N–H and O–H groups in total. The van der Waals surface area contributed by atoms with Crippen LogP contribution >= 0.6 is 11.6 Å². The smallest absolute Gasteiger partial charge is 0.226 e. The van der Waals surface area contributed by atoms with Crippen molar-refractivity contribution in [2.75, 3.05) is 0 Å². The van der Waals surface area contributed by atoms with Crippen LogP contribution in [0, 0.1) is 11.3 Å². The first kappa shape index (κ1) is 23.8. The molecule has 0 aliphatic rings. The highest BCUT2D eigenvalue weighted by molar-refractivity contribution is 6.28. The molecule has 0 amide bonds. The summed E-state index contributed by atoms with van der Waals surface area (Å²) in [5.41, 5.74) is 7.92. The van der Waals surface area contributed by atoms with Crippen LogP contribution in [0.1, 0.15) is 5.56 Å². The van der Waals surface area contributed by atoms with E-state index in [0.29, 0.717) is 17.2 Å². The number of fused-ring (bicyclic) bond motifs is 3. The number of hydrogen-bond donors (Lipinski definition) is 0. The van der Waals surface area contributed by atoms with Gasteiger partial charge in [0.15, 0.2) is 11.6 Å². The molecule has 0 atom stereocenters. The van der Waals surface area contributed by atoms with Crippen molar-refractivity contribution in [2.24, 2.45) is 0 Å². The van der Waals surface area contributed by atoms with Gasteiger partial charge in [0.1, 0.15) is 11.2 Å². The molecule has 0 aliphatic heterocycles. The molecule has 5 nitrogen and oxygen atoms in total. The monoisotopic (exact) mass is 534 g/mol. The van der Waals surface area contributed by atoms with E-state index in [1.54, 1.807) is 0 Å². The molecule has 0 bridgehead atoms. The molecule has 0 saturated heterocycles. The van der Waals surface area contributed by atoms with E-state index in [9.17, 15) is 5.26 Å². The second-order valence-electron chi connectivity index (χ2n) is 9.34. The zero-order valence-corrected chi connectivity index (χ0v) is 21.8. The van der Waals surface area contributed by atoms with Crippen LogP contribution in [-0.4, -0.2) is 15.0 Å². The van der Waals surface area contributed by atoms with E-state index in [0.717, 1.165) is 55.3 Å². The minimum absolute atomic E-state index is 0.123. The number of rotatable bonds is 4. The summed E-state index contributed by atoms with van der Waals surface area (Å²) < 4.78 is 6.20. The molecule has 0 aliphatic carbocycles. The number of furan rings is 1. The summed E-state index contributed by atoms with van der Waals surface area (Å²) in [6.45, 7) is 0. The van der Waals surface area contributed by atoms with E-state index < -0.39 is 0 Å². The van der Waals surface area contributed by atoms with Crippen molar-refractivity contribution < 1.29 is 4.42 Å². The molecule has 2 heterocycles. The van der Waals surface area contributed by atoms with E-state index in [1.165, 1.54) is 0 Å². The van der Waals surface area contributed by atoms with Crippen LogP contribution in [0.2, 0.25) is 5.28 Å². The Hall–Kier alpha value is -5.31. The first-order valence-electron chi connectivity index (χ1n) is 12.7. The molecule has 40 heavy (non-hydrogen) atoms. The van der Waals surface area contributed by atoms with Gasteiger partial charge < -0.3 is 4.42 Å². The summed E-state index contributed by atoms with van der Waals surface area (Å²) in [6, 6.07) is 39.8. The highest BCUT2D eigenvalue weighted by Crippen LogP contribution is 2.38. The standard InChI is InChI=1S/C34H19ClN4O/c35-34-38-32(37-33(39-34)27-10-5-4-9-25(27)22-7-2-1-3-8-22)24-17-18-29-28(19-24)31-26(11-6-12-30(31)40-29)23-15-13-21(20-36)14-16-23/h1-19H. The van der Waals surface area contributed by atoms with Gasteiger partial charge in [0.25, 0.3) is 0 Å². The molecule has 0 spiro atoms. The van der Waals surface area contributed by atoms with Crippen molar-refractivity contribution >= 4 is 33.5 Å².